The molecule has 4 aromatic rings. The average molecular weight is 456 g/mol. The normalized spacial score (nSPS) is 10.4. The van der Waals surface area contributed by atoms with E-state index in [1.807, 2.05) is 73.7 Å². The van der Waals surface area contributed by atoms with E-state index in [4.69, 9.17) is 4.74 Å². The van der Waals surface area contributed by atoms with E-state index >= 15 is 0 Å². The molecule has 8 heteroatoms. The van der Waals surface area contributed by atoms with E-state index in [-0.39, 0.29) is 13.2 Å². The molecule has 172 valence electrons. The molecular formula is C26H25N5O3. The fraction of sp³-hybridized carbons (Fsp3) is 0.115. The molecule has 0 bridgehead atoms. The Bertz CT molecular complexity index is 1240. The maximum atomic E-state index is 12.8. The van der Waals surface area contributed by atoms with Crippen LogP contribution in [0.25, 0.3) is 11.1 Å². The summed E-state index contributed by atoms with van der Waals surface area (Å²) in [6.07, 6.45) is -0.560. The van der Waals surface area contributed by atoms with Crippen molar-refractivity contribution in [3.8, 4) is 11.1 Å². The fourth-order valence-corrected chi connectivity index (χ4v) is 3.51. The van der Waals surface area contributed by atoms with Crippen LogP contribution in [0, 0.1) is 6.92 Å². The number of hydrogen-bond acceptors (Lipinski definition) is 4. The second-order valence-electron chi connectivity index (χ2n) is 7.47. The van der Waals surface area contributed by atoms with Crippen LogP contribution in [-0.4, -0.2) is 28.5 Å². The van der Waals surface area contributed by atoms with Gasteiger partial charge in [-0.2, -0.15) is 5.10 Å². The van der Waals surface area contributed by atoms with Gasteiger partial charge in [0.15, 0.2) is 0 Å². The van der Waals surface area contributed by atoms with E-state index in [1.165, 1.54) is 0 Å². The van der Waals surface area contributed by atoms with Gasteiger partial charge in [0.1, 0.15) is 12.4 Å². The number of carbonyl (C=O) groups excluding carboxylic acids is 2. The van der Waals surface area contributed by atoms with Crippen LogP contribution in [0.3, 0.4) is 0 Å². The number of nitrogens with one attached hydrogen (secondary N) is 3. The van der Waals surface area contributed by atoms with E-state index in [9.17, 15) is 9.59 Å². The number of para-hydroxylation sites is 2. The Morgan fingerprint density at radius 2 is 1.35 bits per heavy atom. The Morgan fingerprint density at radius 3 is 1.97 bits per heavy atom. The third-order valence-corrected chi connectivity index (χ3v) is 5.01. The van der Waals surface area contributed by atoms with E-state index in [0.717, 1.165) is 16.8 Å². The second-order valence-corrected chi connectivity index (χ2v) is 7.47. The number of ether oxygens (including phenoxy) is 1. The molecular weight excluding hydrogens is 430 g/mol. The number of amides is 3. The molecule has 0 aliphatic carbocycles. The lowest BCUT2D eigenvalue weighted by Crippen LogP contribution is -2.23. The van der Waals surface area contributed by atoms with Crippen LogP contribution in [0.4, 0.5) is 26.8 Å². The van der Waals surface area contributed by atoms with Gasteiger partial charge >= 0.3 is 12.1 Å². The first-order valence-corrected chi connectivity index (χ1v) is 10.8. The van der Waals surface area contributed by atoms with Crippen LogP contribution in [0.15, 0.2) is 91.0 Å². The number of aryl methyl sites for hydroxylation is 1. The minimum absolute atomic E-state index is 0.0724. The molecule has 0 radical (unpaired) electrons. The van der Waals surface area contributed by atoms with Crippen LogP contribution in [0.2, 0.25) is 0 Å². The van der Waals surface area contributed by atoms with Crippen molar-refractivity contribution >= 4 is 29.3 Å². The van der Waals surface area contributed by atoms with Crippen molar-refractivity contribution in [2.75, 3.05) is 22.6 Å². The summed E-state index contributed by atoms with van der Waals surface area (Å²) in [4.78, 5) is 24.9. The topological polar surface area (TPSA) is 97.3 Å². The quantitative estimate of drug-likeness (QED) is 0.330. The highest BCUT2D eigenvalue weighted by atomic mass is 16.5. The van der Waals surface area contributed by atoms with Gasteiger partial charge in [-0.3, -0.25) is 10.6 Å². The molecule has 3 amide bonds. The molecule has 0 saturated carbocycles. The number of rotatable bonds is 7. The Morgan fingerprint density at radius 1 is 0.794 bits per heavy atom. The SMILES string of the molecule is Cc1nn(CCOC(=O)Nc2ccccc2)c(NC(=O)Nc2ccccc2)c1-c1ccccc1. The smallest absolute Gasteiger partial charge is 0.411 e. The van der Waals surface area contributed by atoms with E-state index in [0.29, 0.717) is 17.2 Å². The molecule has 0 aliphatic rings. The number of hydrogen-bond donors (Lipinski definition) is 3. The first-order valence-electron chi connectivity index (χ1n) is 10.8. The summed E-state index contributed by atoms with van der Waals surface area (Å²) in [5.41, 5.74) is 3.79. The van der Waals surface area contributed by atoms with Crippen molar-refractivity contribution in [2.24, 2.45) is 0 Å². The molecule has 3 N–H and O–H groups in total. The Kier molecular flexibility index (Phi) is 7.19. The van der Waals surface area contributed by atoms with E-state index in [2.05, 4.69) is 21.0 Å². The van der Waals surface area contributed by atoms with Gasteiger partial charge in [-0.15, -0.1) is 0 Å². The molecule has 0 fully saturated rings. The summed E-state index contributed by atoms with van der Waals surface area (Å²) in [5, 5.41) is 13.0. The van der Waals surface area contributed by atoms with Crippen molar-refractivity contribution in [1.82, 2.24) is 9.78 Å². The van der Waals surface area contributed by atoms with Crippen molar-refractivity contribution in [3.05, 3.63) is 96.7 Å². The van der Waals surface area contributed by atoms with E-state index < -0.39 is 12.1 Å². The Balaban J connectivity index is 1.49. The zero-order valence-corrected chi connectivity index (χ0v) is 18.7. The lowest BCUT2D eigenvalue weighted by molar-refractivity contribution is 0.156. The summed E-state index contributed by atoms with van der Waals surface area (Å²) < 4.78 is 6.96. The summed E-state index contributed by atoms with van der Waals surface area (Å²) >= 11 is 0. The minimum atomic E-state index is -0.560. The first kappa shape index (κ1) is 22.6. The van der Waals surface area contributed by atoms with Gasteiger partial charge in [-0.25, -0.2) is 14.3 Å². The van der Waals surface area contributed by atoms with Crippen LogP contribution in [0.1, 0.15) is 5.69 Å². The summed E-state index contributed by atoms with van der Waals surface area (Å²) in [7, 11) is 0. The lowest BCUT2D eigenvalue weighted by atomic mass is 10.1. The molecule has 3 aromatic carbocycles. The predicted octanol–water partition coefficient (Wildman–Crippen LogP) is 5.75. The van der Waals surface area contributed by atoms with Gasteiger partial charge in [0.05, 0.1) is 12.2 Å². The highest BCUT2D eigenvalue weighted by Gasteiger charge is 2.19. The average Bonchev–Trinajstić information content (AvgIpc) is 3.15. The standard InChI is InChI=1S/C26H25N5O3/c1-19-23(20-11-5-2-6-12-20)24(29-25(32)27-21-13-7-3-8-14-21)31(30-19)17-18-34-26(33)28-22-15-9-4-10-16-22/h2-16H,17-18H2,1H3,(H,28,33)(H2,27,29,32). The van der Waals surface area contributed by atoms with Crippen LogP contribution >= 0.6 is 0 Å². The monoisotopic (exact) mass is 455 g/mol. The lowest BCUT2D eigenvalue weighted by Gasteiger charge is -2.13. The number of anilines is 3. The molecule has 0 saturated heterocycles. The Hall–Kier alpha value is -4.59. The van der Waals surface area contributed by atoms with E-state index in [1.54, 1.807) is 28.9 Å². The third-order valence-electron chi connectivity index (χ3n) is 5.01. The molecule has 0 spiro atoms. The van der Waals surface area contributed by atoms with Gasteiger partial charge in [0, 0.05) is 16.9 Å². The zero-order valence-electron chi connectivity index (χ0n) is 18.7. The molecule has 0 unspecified atom stereocenters. The van der Waals surface area contributed by atoms with Gasteiger partial charge in [-0.05, 0) is 36.8 Å². The number of aromatic nitrogens is 2. The highest BCUT2D eigenvalue weighted by molar-refractivity contribution is 6.01. The van der Waals surface area contributed by atoms with Crippen molar-refractivity contribution in [3.63, 3.8) is 0 Å². The summed E-state index contributed by atoms with van der Waals surface area (Å²) in [5.74, 6) is 0.518. The van der Waals surface area contributed by atoms with Crippen LogP contribution in [0.5, 0.6) is 0 Å². The fourth-order valence-electron chi connectivity index (χ4n) is 3.51. The summed E-state index contributed by atoms with van der Waals surface area (Å²) in [6, 6.07) is 27.5. The number of carbonyl (C=O) groups is 2. The first-order chi connectivity index (χ1) is 16.6. The second kappa shape index (κ2) is 10.8. The molecule has 34 heavy (non-hydrogen) atoms. The van der Waals surface area contributed by atoms with Crippen molar-refractivity contribution in [1.29, 1.82) is 0 Å². The third kappa shape index (κ3) is 5.80. The molecule has 1 heterocycles. The highest BCUT2D eigenvalue weighted by Crippen LogP contribution is 2.31. The van der Waals surface area contributed by atoms with Crippen molar-refractivity contribution < 1.29 is 14.3 Å². The van der Waals surface area contributed by atoms with Gasteiger partial charge in [0.25, 0.3) is 0 Å². The number of benzene rings is 3. The molecule has 4 rings (SSSR count). The molecule has 0 atom stereocenters. The van der Waals surface area contributed by atoms with Gasteiger partial charge in [0.2, 0.25) is 0 Å². The maximum absolute atomic E-state index is 12.8. The molecule has 0 aliphatic heterocycles. The minimum Gasteiger partial charge on any atom is -0.447 e. The summed E-state index contributed by atoms with van der Waals surface area (Å²) in [6.45, 7) is 2.21. The van der Waals surface area contributed by atoms with Crippen molar-refractivity contribution in [2.45, 2.75) is 13.5 Å². The maximum Gasteiger partial charge on any atom is 0.411 e. The van der Waals surface area contributed by atoms with Gasteiger partial charge < -0.3 is 10.1 Å². The predicted molar refractivity (Wildman–Crippen MR) is 133 cm³/mol. The number of nitrogens with zero attached hydrogens (tertiary/aromatic N) is 2. The Labute approximate surface area is 197 Å². The van der Waals surface area contributed by atoms with Gasteiger partial charge in [-0.1, -0.05) is 66.7 Å². The largest absolute Gasteiger partial charge is 0.447 e. The number of urea groups is 1. The zero-order chi connectivity index (χ0) is 23.8. The van der Waals surface area contributed by atoms with Crippen LogP contribution < -0.4 is 16.0 Å². The molecule has 8 nitrogen and oxygen atoms in total. The molecule has 1 aromatic heterocycles. The van der Waals surface area contributed by atoms with Crippen LogP contribution in [-0.2, 0) is 11.3 Å².